The van der Waals surface area contributed by atoms with Gasteiger partial charge in [0, 0.05) is 24.6 Å². The maximum Gasteiger partial charge on any atom is 0.339 e. The van der Waals surface area contributed by atoms with Gasteiger partial charge in [-0.15, -0.1) is 0 Å². The lowest BCUT2D eigenvalue weighted by Crippen LogP contribution is -2.15. The number of carboxylic acid groups (broad SMARTS) is 1. The van der Waals surface area contributed by atoms with Gasteiger partial charge in [-0.2, -0.15) is 5.10 Å². The average molecular weight is 276 g/mol. The van der Waals surface area contributed by atoms with E-state index >= 15 is 0 Å². The molecule has 20 heavy (non-hydrogen) atoms. The Balaban J connectivity index is 2.36. The van der Waals surface area contributed by atoms with Crippen LogP contribution in [0.1, 0.15) is 37.8 Å². The van der Waals surface area contributed by atoms with E-state index in [1.165, 1.54) is 6.20 Å². The normalized spacial score (nSPS) is 10.6. The minimum atomic E-state index is -1.08. The number of rotatable bonds is 3. The van der Waals surface area contributed by atoms with Crippen LogP contribution < -0.4 is 5.32 Å². The van der Waals surface area contributed by atoms with Crippen molar-refractivity contribution in [2.24, 2.45) is 7.05 Å². The molecule has 0 aliphatic rings. The first-order valence-electron chi connectivity index (χ1n) is 6.05. The minimum absolute atomic E-state index is 0.0672. The third kappa shape index (κ3) is 2.18. The number of nitrogens with zero attached hydrogens (tertiary/aromatic N) is 2. The standard InChI is InChI=1S/C13H16N4O3/c1-6-11(13(19)20)9(5-14-6)15-12(18)10-7(2)16-17(4)8(10)3/h5,14H,1-4H3,(H,15,18)(H,19,20). The van der Waals surface area contributed by atoms with Gasteiger partial charge in [-0.1, -0.05) is 0 Å². The zero-order valence-electron chi connectivity index (χ0n) is 11.7. The highest BCUT2D eigenvalue weighted by Gasteiger charge is 2.21. The van der Waals surface area contributed by atoms with Crippen LogP contribution in [0.25, 0.3) is 0 Å². The fourth-order valence-corrected chi connectivity index (χ4v) is 2.19. The molecule has 0 atom stereocenters. The van der Waals surface area contributed by atoms with E-state index in [0.29, 0.717) is 17.0 Å². The first kappa shape index (κ1) is 13.9. The Hall–Kier alpha value is -2.57. The van der Waals surface area contributed by atoms with Gasteiger partial charge in [0.1, 0.15) is 5.56 Å². The molecule has 0 bridgehead atoms. The van der Waals surface area contributed by atoms with Gasteiger partial charge in [0.05, 0.1) is 16.9 Å². The lowest BCUT2D eigenvalue weighted by Gasteiger charge is -2.05. The van der Waals surface area contributed by atoms with Crippen molar-refractivity contribution in [2.75, 3.05) is 5.32 Å². The Morgan fingerprint density at radius 3 is 2.45 bits per heavy atom. The number of hydrogen-bond donors (Lipinski definition) is 3. The molecule has 2 aromatic heterocycles. The second kappa shape index (κ2) is 4.84. The largest absolute Gasteiger partial charge is 0.478 e. The highest BCUT2D eigenvalue weighted by molar-refractivity contribution is 6.09. The summed E-state index contributed by atoms with van der Waals surface area (Å²) < 4.78 is 1.62. The molecule has 0 aliphatic heterocycles. The van der Waals surface area contributed by atoms with Crippen LogP contribution in [0.3, 0.4) is 0 Å². The van der Waals surface area contributed by atoms with Gasteiger partial charge in [-0.25, -0.2) is 4.79 Å². The maximum absolute atomic E-state index is 12.3. The van der Waals surface area contributed by atoms with E-state index in [4.69, 9.17) is 5.11 Å². The fourth-order valence-electron chi connectivity index (χ4n) is 2.19. The molecule has 7 heteroatoms. The summed E-state index contributed by atoms with van der Waals surface area (Å²) in [5.41, 5.74) is 2.60. The number of aromatic carboxylic acids is 1. The number of carboxylic acids is 1. The number of carbonyl (C=O) groups is 2. The number of carbonyl (C=O) groups excluding carboxylic acids is 1. The molecule has 2 aromatic rings. The molecule has 0 saturated heterocycles. The first-order chi connectivity index (χ1) is 9.32. The van der Waals surface area contributed by atoms with Crippen molar-refractivity contribution in [2.45, 2.75) is 20.8 Å². The summed E-state index contributed by atoms with van der Waals surface area (Å²) in [5, 5.41) is 15.9. The van der Waals surface area contributed by atoms with Crippen molar-refractivity contribution in [3.8, 4) is 0 Å². The lowest BCUT2D eigenvalue weighted by atomic mass is 10.1. The third-order valence-corrected chi connectivity index (χ3v) is 3.28. The molecule has 7 nitrogen and oxygen atoms in total. The van der Waals surface area contributed by atoms with Gasteiger partial charge in [0.15, 0.2) is 0 Å². The van der Waals surface area contributed by atoms with E-state index < -0.39 is 5.97 Å². The summed E-state index contributed by atoms with van der Waals surface area (Å²) in [4.78, 5) is 26.2. The van der Waals surface area contributed by atoms with E-state index in [1.54, 1.807) is 32.5 Å². The van der Waals surface area contributed by atoms with Crippen LogP contribution in [-0.4, -0.2) is 31.7 Å². The number of hydrogen-bond acceptors (Lipinski definition) is 3. The van der Waals surface area contributed by atoms with E-state index in [9.17, 15) is 9.59 Å². The van der Waals surface area contributed by atoms with Gasteiger partial charge in [-0.3, -0.25) is 9.48 Å². The highest BCUT2D eigenvalue weighted by Crippen LogP contribution is 2.21. The summed E-state index contributed by atoms with van der Waals surface area (Å²) in [5.74, 6) is -1.45. The SMILES string of the molecule is Cc1nn(C)c(C)c1C(=O)Nc1c[nH]c(C)c1C(=O)O. The minimum Gasteiger partial charge on any atom is -0.478 e. The molecule has 0 unspecified atom stereocenters. The molecule has 0 spiro atoms. The Morgan fingerprint density at radius 1 is 1.30 bits per heavy atom. The Morgan fingerprint density at radius 2 is 1.95 bits per heavy atom. The van der Waals surface area contributed by atoms with Crippen LogP contribution in [0.5, 0.6) is 0 Å². The molecule has 0 saturated carbocycles. The van der Waals surface area contributed by atoms with E-state index in [2.05, 4.69) is 15.4 Å². The number of amides is 1. The van der Waals surface area contributed by atoms with E-state index in [-0.39, 0.29) is 17.2 Å². The molecular weight excluding hydrogens is 260 g/mol. The highest BCUT2D eigenvalue weighted by atomic mass is 16.4. The summed E-state index contributed by atoms with van der Waals surface area (Å²) >= 11 is 0. The summed E-state index contributed by atoms with van der Waals surface area (Å²) in [6.45, 7) is 5.16. The summed E-state index contributed by atoms with van der Waals surface area (Å²) in [6, 6.07) is 0. The third-order valence-electron chi connectivity index (χ3n) is 3.28. The Kier molecular flexibility index (Phi) is 3.35. The maximum atomic E-state index is 12.3. The summed E-state index contributed by atoms with van der Waals surface area (Å²) in [7, 11) is 1.75. The molecule has 106 valence electrons. The molecule has 0 fully saturated rings. The molecule has 0 aromatic carbocycles. The average Bonchev–Trinajstić information content (AvgIpc) is 2.81. The predicted octanol–water partition coefficient (Wildman–Crippen LogP) is 1.62. The number of aromatic amines is 1. The van der Waals surface area contributed by atoms with Gasteiger partial charge >= 0.3 is 5.97 Å². The van der Waals surface area contributed by atoms with Gasteiger partial charge in [0.2, 0.25) is 0 Å². The van der Waals surface area contributed by atoms with Crippen molar-refractivity contribution in [3.63, 3.8) is 0 Å². The quantitative estimate of drug-likeness (QED) is 0.793. The second-order valence-corrected chi connectivity index (χ2v) is 4.63. The number of aromatic nitrogens is 3. The van der Waals surface area contributed by atoms with Crippen LogP contribution in [0, 0.1) is 20.8 Å². The zero-order chi connectivity index (χ0) is 15.0. The van der Waals surface area contributed by atoms with Crippen molar-refractivity contribution in [1.29, 1.82) is 0 Å². The number of H-pyrrole nitrogens is 1. The first-order valence-corrected chi connectivity index (χ1v) is 6.05. The molecule has 2 heterocycles. The molecular formula is C13H16N4O3. The van der Waals surface area contributed by atoms with Crippen LogP contribution >= 0.6 is 0 Å². The van der Waals surface area contributed by atoms with E-state index in [0.717, 1.165) is 5.69 Å². The zero-order valence-corrected chi connectivity index (χ0v) is 11.7. The number of anilines is 1. The van der Waals surface area contributed by atoms with Crippen molar-refractivity contribution >= 4 is 17.6 Å². The van der Waals surface area contributed by atoms with Crippen molar-refractivity contribution in [1.82, 2.24) is 14.8 Å². The Bertz CT molecular complexity index is 697. The molecule has 2 rings (SSSR count). The second-order valence-electron chi connectivity index (χ2n) is 4.63. The van der Waals surface area contributed by atoms with Crippen LogP contribution in [0.4, 0.5) is 5.69 Å². The molecule has 3 N–H and O–H groups in total. The molecule has 0 radical (unpaired) electrons. The molecule has 1 amide bonds. The van der Waals surface area contributed by atoms with E-state index in [1.807, 2.05) is 0 Å². The van der Waals surface area contributed by atoms with Crippen LogP contribution in [0.15, 0.2) is 6.20 Å². The topological polar surface area (TPSA) is 100 Å². The van der Waals surface area contributed by atoms with Crippen LogP contribution in [0.2, 0.25) is 0 Å². The number of aryl methyl sites for hydroxylation is 3. The summed E-state index contributed by atoms with van der Waals surface area (Å²) in [6.07, 6.45) is 1.47. The monoisotopic (exact) mass is 276 g/mol. The van der Waals surface area contributed by atoms with Gasteiger partial charge < -0.3 is 15.4 Å². The number of nitrogens with one attached hydrogen (secondary N) is 2. The molecule has 0 aliphatic carbocycles. The predicted molar refractivity (Wildman–Crippen MR) is 73.1 cm³/mol. The fraction of sp³-hybridized carbons (Fsp3) is 0.308. The van der Waals surface area contributed by atoms with Crippen LogP contribution in [-0.2, 0) is 7.05 Å². The Labute approximate surface area is 115 Å². The van der Waals surface area contributed by atoms with Crippen molar-refractivity contribution < 1.29 is 14.7 Å². The smallest absolute Gasteiger partial charge is 0.339 e. The van der Waals surface area contributed by atoms with Gasteiger partial charge in [0.25, 0.3) is 5.91 Å². The lowest BCUT2D eigenvalue weighted by molar-refractivity contribution is 0.0697. The van der Waals surface area contributed by atoms with Gasteiger partial charge in [-0.05, 0) is 20.8 Å². The van der Waals surface area contributed by atoms with Crippen molar-refractivity contribution in [3.05, 3.63) is 34.4 Å².